The predicted octanol–water partition coefficient (Wildman–Crippen LogP) is 24.6. The molecule has 84 heavy (non-hydrogen) atoms. The van der Waals surface area contributed by atoms with Crippen LogP contribution in [-0.2, 0) is 19.1 Å². The molecule has 0 saturated heterocycles. The van der Waals surface area contributed by atoms with Crippen LogP contribution in [0.15, 0.2) is 158 Å². The van der Waals surface area contributed by atoms with E-state index in [1.54, 1.807) is 0 Å². The van der Waals surface area contributed by atoms with Crippen LogP contribution >= 0.6 is 0 Å². The second-order valence-electron chi connectivity index (χ2n) is 22.9. The van der Waals surface area contributed by atoms with E-state index in [4.69, 9.17) is 9.47 Å². The summed E-state index contributed by atoms with van der Waals surface area (Å²) in [5.41, 5.74) is 0. The average Bonchev–Trinajstić information content (AvgIpc) is 3.51. The maximum Gasteiger partial charge on any atom is 0.306 e. The van der Waals surface area contributed by atoms with Crippen LogP contribution in [0.4, 0.5) is 0 Å². The van der Waals surface area contributed by atoms with Gasteiger partial charge < -0.3 is 14.6 Å². The highest BCUT2D eigenvalue weighted by atomic mass is 16.6. The molecule has 0 bridgehead atoms. The van der Waals surface area contributed by atoms with Crippen molar-refractivity contribution < 1.29 is 24.2 Å². The molecule has 0 radical (unpaired) electrons. The second-order valence-corrected chi connectivity index (χ2v) is 22.9. The summed E-state index contributed by atoms with van der Waals surface area (Å²) in [5.74, 6) is -0.603. The Morgan fingerprint density at radius 1 is 0.286 bits per heavy atom. The second kappa shape index (κ2) is 72.8. The van der Waals surface area contributed by atoms with Gasteiger partial charge in [0, 0.05) is 12.8 Å². The summed E-state index contributed by atoms with van der Waals surface area (Å²) in [7, 11) is 0. The first-order chi connectivity index (χ1) is 41.6. The lowest BCUT2D eigenvalue weighted by atomic mass is 10.0. The molecule has 0 amide bonds. The lowest BCUT2D eigenvalue weighted by Crippen LogP contribution is -2.28. The fourth-order valence-electron chi connectivity index (χ4n) is 9.59. The molecular formula is C79H130O5. The lowest BCUT2D eigenvalue weighted by Gasteiger charge is -2.15. The first-order valence-electron chi connectivity index (χ1n) is 35.0. The zero-order valence-corrected chi connectivity index (χ0v) is 54.6. The molecule has 1 atom stereocenters. The van der Waals surface area contributed by atoms with Crippen molar-refractivity contribution in [3.05, 3.63) is 158 Å². The average molecular weight is 1160 g/mol. The number of ether oxygens (including phenoxy) is 2. The monoisotopic (exact) mass is 1160 g/mol. The van der Waals surface area contributed by atoms with Gasteiger partial charge in [0.2, 0.25) is 0 Å². The Bertz CT molecular complexity index is 1790. The fraction of sp³-hybridized carbons (Fsp3) is 0.646. The minimum absolute atomic E-state index is 0.0767. The third-order valence-electron chi connectivity index (χ3n) is 14.8. The highest BCUT2D eigenvalue weighted by Crippen LogP contribution is 2.16. The third-order valence-corrected chi connectivity index (χ3v) is 14.8. The number of unbranched alkanes of at least 4 members (excludes halogenated alkanes) is 29. The molecule has 0 aromatic rings. The van der Waals surface area contributed by atoms with E-state index in [9.17, 15) is 14.7 Å². The molecule has 0 aliphatic heterocycles. The van der Waals surface area contributed by atoms with Gasteiger partial charge in [-0.05, 0) is 128 Å². The molecule has 0 rings (SSSR count). The van der Waals surface area contributed by atoms with Crippen molar-refractivity contribution >= 4 is 11.9 Å². The van der Waals surface area contributed by atoms with Crippen LogP contribution < -0.4 is 0 Å². The number of allylic oxidation sites excluding steroid dienone is 26. The molecule has 0 heterocycles. The van der Waals surface area contributed by atoms with E-state index in [1.807, 2.05) is 0 Å². The standard InChI is InChI=1S/C79H130O5/c1-3-5-7-9-11-13-15-17-19-21-23-25-27-29-31-33-34-35-36-37-38-39-40-41-42-43-44-46-48-50-52-54-56-58-60-62-64-66-68-70-72-74-79(82)84-77(75-80)76-83-78(81)73-71-69-67-65-63-61-59-57-55-53-51-49-47-45-32-30-28-26-24-22-20-18-16-14-12-10-8-6-4-2/h5,7,11,13,16-19,22-25,29,31,34-35,37-38,40-41,43-44,48,50,54,56,77,80H,3-4,6,8-10,12,14-15,20-21,26-28,30,32-33,36,39,42,45-47,49,51-53,55,57-76H2,1-2H3/b7-5-,13-11-,18-16-,19-17-,24-22-,25-23-,31-29-,35-34-,38-37-,41-40-,44-43-,50-48-,56-54-. The number of carbonyl (C=O) groups is 2. The molecule has 1 unspecified atom stereocenters. The molecule has 0 aromatic heterocycles. The topological polar surface area (TPSA) is 72.8 Å². The summed E-state index contributed by atoms with van der Waals surface area (Å²) in [5, 5.41) is 9.70. The Morgan fingerprint density at radius 3 is 0.774 bits per heavy atom. The quantitative estimate of drug-likeness (QED) is 0.0373. The summed E-state index contributed by atoms with van der Waals surface area (Å²) in [4.78, 5) is 24.7. The Kier molecular flexibility index (Phi) is 68.9. The van der Waals surface area contributed by atoms with Gasteiger partial charge in [0.15, 0.2) is 6.10 Å². The zero-order chi connectivity index (χ0) is 60.5. The van der Waals surface area contributed by atoms with Crippen LogP contribution in [0.5, 0.6) is 0 Å². The van der Waals surface area contributed by atoms with E-state index in [0.29, 0.717) is 12.8 Å². The van der Waals surface area contributed by atoms with Crippen molar-refractivity contribution in [3.8, 4) is 0 Å². The van der Waals surface area contributed by atoms with E-state index in [1.165, 1.54) is 161 Å². The van der Waals surface area contributed by atoms with Crippen molar-refractivity contribution in [2.24, 2.45) is 0 Å². The summed E-state index contributed by atoms with van der Waals surface area (Å²) in [6.45, 7) is 4.02. The maximum absolute atomic E-state index is 12.4. The molecule has 5 nitrogen and oxygen atoms in total. The Morgan fingerprint density at radius 2 is 0.512 bits per heavy atom. The van der Waals surface area contributed by atoms with Gasteiger partial charge in [-0.15, -0.1) is 0 Å². The van der Waals surface area contributed by atoms with Crippen LogP contribution in [0, 0.1) is 0 Å². The molecule has 1 N–H and O–H groups in total. The van der Waals surface area contributed by atoms with Crippen LogP contribution in [-0.4, -0.2) is 36.4 Å². The fourth-order valence-corrected chi connectivity index (χ4v) is 9.59. The van der Waals surface area contributed by atoms with Gasteiger partial charge >= 0.3 is 11.9 Å². The predicted molar refractivity (Wildman–Crippen MR) is 370 cm³/mol. The van der Waals surface area contributed by atoms with E-state index < -0.39 is 6.10 Å². The minimum Gasteiger partial charge on any atom is -0.462 e. The van der Waals surface area contributed by atoms with Crippen LogP contribution in [0.1, 0.15) is 309 Å². The number of hydrogen-bond donors (Lipinski definition) is 1. The van der Waals surface area contributed by atoms with Crippen LogP contribution in [0.25, 0.3) is 0 Å². The van der Waals surface area contributed by atoms with Crippen LogP contribution in [0.2, 0.25) is 0 Å². The summed E-state index contributed by atoms with van der Waals surface area (Å²) in [6, 6.07) is 0. The number of esters is 2. The zero-order valence-electron chi connectivity index (χ0n) is 54.6. The Hall–Kier alpha value is -4.48. The van der Waals surface area contributed by atoms with Crippen molar-refractivity contribution in [2.45, 2.75) is 315 Å². The summed E-state index contributed by atoms with van der Waals surface area (Å²) < 4.78 is 10.7. The van der Waals surface area contributed by atoms with Crippen molar-refractivity contribution in [3.63, 3.8) is 0 Å². The van der Waals surface area contributed by atoms with Crippen molar-refractivity contribution in [1.29, 1.82) is 0 Å². The van der Waals surface area contributed by atoms with Gasteiger partial charge in [-0.2, -0.15) is 0 Å². The van der Waals surface area contributed by atoms with E-state index in [0.717, 1.165) is 122 Å². The highest BCUT2D eigenvalue weighted by Gasteiger charge is 2.16. The van der Waals surface area contributed by atoms with Gasteiger partial charge in [0.1, 0.15) is 6.61 Å². The molecular weight excluding hydrogens is 1030 g/mol. The number of aliphatic hydroxyl groups excluding tert-OH is 1. The van der Waals surface area contributed by atoms with Gasteiger partial charge in [0.25, 0.3) is 0 Å². The molecule has 0 spiro atoms. The Balaban J connectivity index is 3.57. The van der Waals surface area contributed by atoms with Crippen LogP contribution in [0.3, 0.4) is 0 Å². The van der Waals surface area contributed by atoms with Gasteiger partial charge in [-0.3, -0.25) is 9.59 Å². The normalized spacial score (nSPS) is 13.2. The number of hydrogen-bond acceptors (Lipinski definition) is 5. The van der Waals surface area contributed by atoms with Crippen molar-refractivity contribution in [2.75, 3.05) is 13.2 Å². The summed E-state index contributed by atoms with van der Waals surface area (Å²) in [6.07, 6.45) is 111. The molecule has 0 aliphatic carbocycles. The molecule has 0 aliphatic rings. The third kappa shape index (κ3) is 70.0. The minimum atomic E-state index is -0.789. The number of aliphatic hydroxyl groups is 1. The highest BCUT2D eigenvalue weighted by molar-refractivity contribution is 5.70. The smallest absolute Gasteiger partial charge is 0.306 e. The first-order valence-corrected chi connectivity index (χ1v) is 35.0. The maximum atomic E-state index is 12.4. The first kappa shape index (κ1) is 79.5. The summed E-state index contributed by atoms with van der Waals surface area (Å²) >= 11 is 0. The van der Waals surface area contributed by atoms with Crippen molar-refractivity contribution in [1.82, 2.24) is 0 Å². The molecule has 0 fully saturated rings. The van der Waals surface area contributed by atoms with Gasteiger partial charge in [-0.1, -0.05) is 326 Å². The van der Waals surface area contributed by atoms with E-state index in [2.05, 4.69) is 172 Å². The molecule has 5 heteroatoms. The number of carbonyl (C=O) groups excluding carboxylic acids is 2. The lowest BCUT2D eigenvalue weighted by molar-refractivity contribution is -0.161. The Labute approximate surface area is 520 Å². The molecule has 0 aromatic carbocycles. The number of rotatable bonds is 63. The molecule has 476 valence electrons. The SMILES string of the molecule is CC/C=C\C/C=C\C/C=C\C/C=C\C/C=C\C/C=C\C/C=C\C/C=C\C/C=C\C/C=C\C/C=C\CCCCCCCCCC(=O)OC(CO)COC(=O)CCCCCCCCCCCCCCCCCCC/C=C\C/C=C\CCCCCCC. The van der Waals surface area contributed by atoms with Gasteiger partial charge in [-0.25, -0.2) is 0 Å². The van der Waals surface area contributed by atoms with E-state index >= 15 is 0 Å². The van der Waals surface area contributed by atoms with Gasteiger partial charge in [0.05, 0.1) is 6.61 Å². The largest absolute Gasteiger partial charge is 0.462 e. The molecule has 0 saturated carbocycles. The van der Waals surface area contributed by atoms with E-state index in [-0.39, 0.29) is 25.2 Å².